The van der Waals surface area contributed by atoms with Gasteiger partial charge in [-0.15, -0.1) is 0 Å². The highest BCUT2D eigenvalue weighted by Crippen LogP contribution is 2.30. The Balaban J connectivity index is 1.38. The Morgan fingerprint density at radius 2 is 1.55 bits per heavy atom. The summed E-state index contributed by atoms with van der Waals surface area (Å²) in [7, 11) is 0. The highest BCUT2D eigenvalue weighted by Gasteiger charge is 2.29. The Morgan fingerprint density at radius 1 is 1.00 bits per heavy atom. The van der Waals surface area contributed by atoms with Crippen LogP contribution < -0.4 is 14.8 Å². The maximum atomic E-state index is 13.4. The van der Waals surface area contributed by atoms with Crippen molar-refractivity contribution in [1.29, 1.82) is 0 Å². The molecule has 5 nitrogen and oxygen atoms in total. The molecule has 2 heterocycles. The highest BCUT2D eigenvalue weighted by molar-refractivity contribution is 5.36. The maximum absolute atomic E-state index is 13.4. The Morgan fingerprint density at radius 3 is 2.17 bits per heavy atom. The zero-order valence-electron chi connectivity index (χ0n) is 18.7. The SMILES string of the molecule is [2H]C([2H])(NC[C@@H](O)[C@@H]1CCc2cc(F)ccc2O1)[C@@]([2H])(O)C1CCc2cc(F)ccc2O1. The van der Waals surface area contributed by atoms with Gasteiger partial charge in [0.05, 0.1) is 1.37 Å². The van der Waals surface area contributed by atoms with Crippen molar-refractivity contribution in [2.24, 2.45) is 0 Å². The molecular weight excluding hydrogens is 380 g/mol. The quantitative estimate of drug-likeness (QED) is 0.685. The summed E-state index contributed by atoms with van der Waals surface area (Å²) < 4.78 is 62.8. The fourth-order valence-corrected chi connectivity index (χ4v) is 3.66. The highest BCUT2D eigenvalue weighted by atomic mass is 19.1. The van der Waals surface area contributed by atoms with E-state index < -0.39 is 36.7 Å². The third-order valence-electron chi connectivity index (χ3n) is 5.23. The van der Waals surface area contributed by atoms with Gasteiger partial charge in [-0.3, -0.25) is 0 Å². The van der Waals surface area contributed by atoms with Crippen LogP contribution in [0.4, 0.5) is 8.78 Å². The number of aliphatic hydroxyl groups excluding tert-OH is 1. The molecule has 0 radical (unpaired) electrons. The molecular formula is C22H25F2NO4. The molecule has 29 heavy (non-hydrogen) atoms. The standard InChI is InChI=1S/C22H25F2NO4/c23-15-3-7-19-13(9-15)1-5-21(28-19)17(26)11-25-12-18(27)22-6-2-14-10-16(24)4-8-20(14)29-22/h3-4,7-10,17-18,21-22,25-27H,1-2,5-6,11-12H2/t17-,18-,21+,22?/m1/s1/i11D2,17D/t17-,18-,21?,22+. The van der Waals surface area contributed by atoms with Crippen molar-refractivity contribution in [1.82, 2.24) is 5.32 Å². The number of aryl methyl sites for hydroxylation is 2. The van der Waals surface area contributed by atoms with Gasteiger partial charge in [0.2, 0.25) is 0 Å². The Labute approximate surface area is 172 Å². The molecule has 4 rings (SSSR count). The molecule has 0 saturated heterocycles. The molecule has 4 atom stereocenters. The van der Waals surface area contributed by atoms with Crippen molar-refractivity contribution in [3.63, 3.8) is 0 Å². The van der Waals surface area contributed by atoms with Crippen LogP contribution in [0.15, 0.2) is 36.4 Å². The smallest absolute Gasteiger partial charge is 0.126 e. The molecule has 2 aromatic carbocycles. The van der Waals surface area contributed by atoms with Gasteiger partial charge in [0, 0.05) is 15.8 Å². The summed E-state index contributed by atoms with van der Waals surface area (Å²) in [6, 6.07) is 8.04. The zero-order valence-corrected chi connectivity index (χ0v) is 15.7. The second-order valence-corrected chi connectivity index (χ2v) is 7.30. The van der Waals surface area contributed by atoms with Crippen LogP contribution in [-0.4, -0.2) is 47.6 Å². The number of nitrogens with one attached hydrogen (secondary N) is 1. The van der Waals surface area contributed by atoms with Gasteiger partial charge in [-0.2, -0.15) is 0 Å². The fraction of sp³-hybridized carbons (Fsp3) is 0.455. The minimum atomic E-state index is -2.68. The minimum Gasteiger partial charge on any atom is -0.487 e. The summed E-state index contributed by atoms with van der Waals surface area (Å²) in [5, 5.41) is 23.6. The van der Waals surface area contributed by atoms with Crippen molar-refractivity contribution < 1.29 is 32.6 Å². The monoisotopic (exact) mass is 408 g/mol. The summed E-state index contributed by atoms with van der Waals surface area (Å²) in [5.41, 5.74) is 1.29. The van der Waals surface area contributed by atoms with E-state index in [0.717, 1.165) is 0 Å². The molecule has 1 unspecified atom stereocenters. The van der Waals surface area contributed by atoms with Crippen LogP contribution in [0.25, 0.3) is 0 Å². The second-order valence-electron chi connectivity index (χ2n) is 7.30. The lowest BCUT2D eigenvalue weighted by molar-refractivity contribution is 0.00892. The van der Waals surface area contributed by atoms with E-state index in [4.69, 9.17) is 13.6 Å². The van der Waals surface area contributed by atoms with E-state index in [1.54, 1.807) is 0 Å². The van der Waals surface area contributed by atoms with Gasteiger partial charge in [-0.25, -0.2) is 8.78 Å². The number of rotatable bonds is 6. The van der Waals surface area contributed by atoms with E-state index in [2.05, 4.69) is 5.32 Å². The van der Waals surface area contributed by atoms with Crippen molar-refractivity contribution in [2.75, 3.05) is 13.0 Å². The van der Waals surface area contributed by atoms with E-state index in [0.29, 0.717) is 41.9 Å². The summed E-state index contributed by atoms with van der Waals surface area (Å²) in [6.45, 7) is -2.92. The number of benzene rings is 2. The summed E-state index contributed by atoms with van der Waals surface area (Å²) in [5.74, 6) is -0.0217. The van der Waals surface area contributed by atoms with Crippen LogP contribution in [0.5, 0.6) is 11.5 Å². The van der Waals surface area contributed by atoms with E-state index in [9.17, 15) is 19.0 Å². The number of hydrogen-bond acceptors (Lipinski definition) is 5. The third-order valence-corrected chi connectivity index (χ3v) is 5.23. The van der Waals surface area contributed by atoms with Crippen LogP contribution in [0.3, 0.4) is 0 Å². The van der Waals surface area contributed by atoms with Crippen molar-refractivity contribution in [2.45, 2.75) is 50.1 Å². The lowest BCUT2D eigenvalue weighted by Gasteiger charge is -2.31. The van der Waals surface area contributed by atoms with Crippen LogP contribution in [-0.2, 0) is 12.8 Å². The normalized spacial score (nSPS) is 25.7. The van der Waals surface area contributed by atoms with Gasteiger partial charge in [0.15, 0.2) is 0 Å². The lowest BCUT2D eigenvalue weighted by atomic mass is 9.98. The Kier molecular flexibility index (Phi) is 4.94. The molecule has 2 aliphatic heterocycles. The molecule has 0 saturated carbocycles. The van der Waals surface area contributed by atoms with Gasteiger partial charge < -0.3 is 25.0 Å². The number of halogens is 2. The van der Waals surface area contributed by atoms with Crippen molar-refractivity contribution >= 4 is 0 Å². The van der Waals surface area contributed by atoms with Gasteiger partial charge in [0.1, 0.15) is 47.5 Å². The molecule has 156 valence electrons. The minimum absolute atomic E-state index is 0.124. The van der Waals surface area contributed by atoms with Gasteiger partial charge in [-0.1, -0.05) is 0 Å². The van der Waals surface area contributed by atoms with Gasteiger partial charge >= 0.3 is 0 Å². The average molecular weight is 408 g/mol. The molecule has 0 aliphatic carbocycles. The summed E-state index contributed by atoms with van der Waals surface area (Å²) in [4.78, 5) is 0. The predicted molar refractivity (Wildman–Crippen MR) is 103 cm³/mol. The van der Waals surface area contributed by atoms with Gasteiger partial charge in [-0.05, 0) is 73.2 Å². The van der Waals surface area contributed by atoms with Crippen LogP contribution >= 0.6 is 0 Å². The van der Waals surface area contributed by atoms with Crippen LogP contribution in [0.1, 0.15) is 28.1 Å². The zero-order chi connectivity index (χ0) is 23.1. The van der Waals surface area contributed by atoms with Crippen LogP contribution in [0, 0.1) is 11.6 Å². The van der Waals surface area contributed by atoms with E-state index in [1.807, 2.05) is 0 Å². The first kappa shape index (κ1) is 16.6. The summed E-state index contributed by atoms with van der Waals surface area (Å²) >= 11 is 0. The first-order chi connectivity index (χ1) is 15.1. The molecule has 0 spiro atoms. The first-order valence-corrected chi connectivity index (χ1v) is 9.62. The number of hydrogen-bond donors (Lipinski definition) is 3. The van der Waals surface area contributed by atoms with Gasteiger partial charge in [0.25, 0.3) is 0 Å². The predicted octanol–water partition coefficient (Wildman–Crippen LogP) is 2.36. The molecule has 3 N–H and O–H groups in total. The average Bonchev–Trinajstić information content (AvgIpc) is 2.76. The Bertz CT molecular complexity index is 992. The van der Waals surface area contributed by atoms with E-state index >= 15 is 0 Å². The first-order valence-electron chi connectivity index (χ1n) is 11.1. The summed E-state index contributed by atoms with van der Waals surface area (Å²) in [6.07, 6.45) is -4.30. The molecule has 2 aromatic rings. The molecule has 0 aromatic heterocycles. The van der Waals surface area contributed by atoms with E-state index in [-0.39, 0.29) is 18.8 Å². The second kappa shape index (κ2) is 8.65. The number of aliphatic hydroxyl groups is 2. The Hall–Kier alpha value is -2.22. The topological polar surface area (TPSA) is 71.0 Å². The lowest BCUT2D eigenvalue weighted by Crippen LogP contribution is -2.46. The largest absolute Gasteiger partial charge is 0.487 e. The molecule has 2 aliphatic rings. The molecule has 0 bridgehead atoms. The molecule has 0 amide bonds. The van der Waals surface area contributed by atoms with Crippen molar-refractivity contribution in [3.8, 4) is 11.5 Å². The van der Waals surface area contributed by atoms with E-state index in [1.165, 1.54) is 36.4 Å². The number of fused-ring (bicyclic) bond motifs is 2. The maximum Gasteiger partial charge on any atom is 0.126 e. The molecule has 0 fully saturated rings. The van der Waals surface area contributed by atoms with Crippen molar-refractivity contribution in [3.05, 3.63) is 59.2 Å². The fourth-order valence-electron chi connectivity index (χ4n) is 3.66. The molecule has 7 heteroatoms. The van der Waals surface area contributed by atoms with Crippen LogP contribution in [0.2, 0.25) is 0 Å². The number of ether oxygens (including phenoxy) is 2. The third kappa shape index (κ3) is 4.69.